The Bertz CT molecular complexity index is 1060. The molecule has 0 spiro atoms. The number of primary amides is 1. The monoisotopic (exact) mass is 437 g/mol. The lowest BCUT2D eigenvalue weighted by molar-refractivity contribution is -0.123. The van der Waals surface area contributed by atoms with Crippen LogP contribution in [0.2, 0.25) is 0 Å². The molecule has 3 aromatic rings. The number of amides is 2. The number of aryl methyl sites for hydroxylation is 1. The summed E-state index contributed by atoms with van der Waals surface area (Å²) in [6, 6.07) is 9.63. The maximum Gasteiger partial charge on any atom is 0.276 e. The minimum absolute atomic E-state index is 0.183. The molecule has 0 radical (unpaired) electrons. The second-order valence-corrected chi connectivity index (χ2v) is 8.36. The fraction of sp³-hybridized carbons (Fsp3) is 0.333. The van der Waals surface area contributed by atoms with Gasteiger partial charge in [0.15, 0.2) is 10.9 Å². The van der Waals surface area contributed by atoms with Crippen molar-refractivity contribution in [3.8, 4) is 5.69 Å². The van der Waals surface area contributed by atoms with E-state index in [2.05, 4.69) is 20.3 Å². The minimum atomic E-state index is -0.308. The Morgan fingerprint density at radius 2 is 1.81 bits per heavy atom. The highest BCUT2D eigenvalue weighted by atomic mass is 32.2. The number of thioether (sulfide) groups is 1. The molecule has 160 valence electrons. The molecule has 31 heavy (non-hydrogen) atoms. The zero-order valence-electron chi connectivity index (χ0n) is 17.1. The van der Waals surface area contributed by atoms with Crippen LogP contribution in [0, 0.1) is 12.8 Å². The Kier molecular flexibility index (Phi) is 6.26. The first-order valence-corrected chi connectivity index (χ1v) is 11.0. The number of hydrogen-bond acceptors (Lipinski definition) is 7. The van der Waals surface area contributed by atoms with Gasteiger partial charge in [-0.15, -0.1) is 5.10 Å². The molecule has 3 heterocycles. The van der Waals surface area contributed by atoms with Crippen molar-refractivity contribution in [1.82, 2.24) is 29.9 Å². The van der Waals surface area contributed by atoms with E-state index < -0.39 is 0 Å². The summed E-state index contributed by atoms with van der Waals surface area (Å²) in [5.74, 6) is -0.246. The Morgan fingerprint density at radius 1 is 1.13 bits per heavy atom. The average molecular weight is 438 g/mol. The van der Waals surface area contributed by atoms with E-state index >= 15 is 0 Å². The summed E-state index contributed by atoms with van der Waals surface area (Å²) >= 11 is 1.42. The Labute approximate surface area is 184 Å². The molecule has 0 atom stereocenters. The summed E-state index contributed by atoms with van der Waals surface area (Å²) in [6.45, 7) is 2.95. The normalized spacial score (nSPS) is 14.5. The smallest absolute Gasteiger partial charge is 0.276 e. The van der Waals surface area contributed by atoms with Gasteiger partial charge in [0.25, 0.3) is 5.91 Å². The number of carbonyl (C=O) groups excluding carboxylic acids is 2. The van der Waals surface area contributed by atoms with Crippen LogP contribution in [-0.4, -0.2) is 54.8 Å². The first-order valence-electron chi connectivity index (χ1n) is 10.0. The summed E-state index contributed by atoms with van der Waals surface area (Å²) in [4.78, 5) is 34.9. The minimum Gasteiger partial charge on any atom is -0.369 e. The molecule has 10 heteroatoms. The van der Waals surface area contributed by atoms with Gasteiger partial charge in [-0.2, -0.15) is 0 Å². The topological polar surface area (TPSA) is 120 Å². The summed E-state index contributed by atoms with van der Waals surface area (Å²) in [7, 11) is 0. The third-order valence-electron chi connectivity index (χ3n) is 5.31. The molecule has 1 aliphatic rings. The van der Waals surface area contributed by atoms with E-state index in [1.807, 2.05) is 31.2 Å². The van der Waals surface area contributed by atoms with Gasteiger partial charge in [-0.05, 0) is 38.0 Å². The summed E-state index contributed by atoms with van der Waals surface area (Å²) < 4.78 is 1.69. The van der Waals surface area contributed by atoms with Crippen molar-refractivity contribution in [3.63, 3.8) is 0 Å². The van der Waals surface area contributed by atoms with Crippen molar-refractivity contribution in [2.75, 3.05) is 13.1 Å². The number of piperidine rings is 1. The molecule has 1 aromatic carbocycles. The lowest BCUT2D eigenvalue weighted by Crippen LogP contribution is -2.42. The van der Waals surface area contributed by atoms with E-state index in [-0.39, 0.29) is 17.7 Å². The van der Waals surface area contributed by atoms with Crippen molar-refractivity contribution in [2.24, 2.45) is 11.7 Å². The highest BCUT2D eigenvalue weighted by Gasteiger charge is 2.30. The fourth-order valence-corrected chi connectivity index (χ4v) is 4.30. The number of likely N-dealkylation sites (tertiary alicyclic amines) is 1. The third-order valence-corrected chi connectivity index (χ3v) is 6.20. The van der Waals surface area contributed by atoms with Gasteiger partial charge in [-0.1, -0.05) is 34.7 Å². The molecule has 0 unspecified atom stereocenters. The van der Waals surface area contributed by atoms with Crippen LogP contribution in [0.25, 0.3) is 5.69 Å². The Morgan fingerprint density at radius 3 is 2.45 bits per heavy atom. The molecule has 4 rings (SSSR count). The predicted molar refractivity (Wildman–Crippen MR) is 116 cm³/mol. The molecule has 0 aliphatic carbocycles. The van der Waals surface area contributed by atoms with Crippen LogP contribution in [-0.2, 0) is 10.5 Å². The van der Waals surface area contributed by atoms with Gasteiger partial charge in [-0.25, -0.2) is 14.6 Å². The third kappa shape index (κ3) is 4.74. The lowest BCUT2D eigenvalue weighted by atomic mass is 9.96. The second kappa shape index (κ2) is 9.25. The zero-order chi connectivity index (χ0) is 21.8. The van der Waals surface area contributed by atoms with Crippen molar-refractivity contribution in [3.05, 3.63) is 59.7 Å². The quantitative estimate of drug-likeness (QED) is 0.462. The number of rotatable bonds is 6. The first kappa shape index (κ1) is 21.0. The molecular formula is C21H23N7O2S. The number of nitrogens with zero attached hydrogens (tertiary/aromatic N) is 6. The van der Waals surface area contributed by atoms with Gasteiger partial charge < -0.3 is 10.6 Å². The molecule has 2 aromatic heterocycles. The van der Waals surface area contributed by atoms with E-state index in [4.69, 9.17) is 5.73 Å². The molecule has 1 fully saturated rings. The zero-order valence-corrected chi connectivity index (χ0v) is 18.0. The highest BCUT2D eigenvalue weighted by molar-refractivity contribution is 7.98. The molecule has 2 N–H and O–H groups in total. The fourth-order valence-electron chi connectivity index (χ4n) is 3.50. The van der Waals surface area contributed by atoms with Crippen molar-refractivity contribution < 1.29 is 9.59 Å². The van der Waals surface area contributed by atoms with Crippen molar-refractivity contribution in [1.29, 1.82) is 0 Å². The van der Waals surface area contributed by atoms with Crippen LogP contribution in [0.3, 0.4) is 0 Å². The maximum absolute atomic E-state index is 13.3. The van der Waals surface area contributed by atoms with Crippen LogP contribution in [0.1, 0.15) is 34.6 Å². The van der Waals surface area contributed by atoms with Gasteiger partial charge in [0.05, 0.1) is 11.4 Å². The summed E-state index contributed by atoms with van der Waals surface area (Å²) in [6.07, 6.45) is 4.49. The predicted octanol–water partition coefficient (Wildman–Crippen LogP) is 2.00. The number of benzene rings is 1. The Hall–Kier alpha value is -3.27. The van der Waals surface area contributed by atoms with E-state index in [0.29, 0.717) is 48.2 Å². The lowest BCUT2D eigenvalue weighted by Gasteiger charge is -2.30. The standard InChI is InChI=1S/C21H23N7O2S/c1-14-3-5-16(6-4-14)28-17(13-31-21-23-9-2-10-24-21)18(25-26-28)20(30)27-11-7-15(8-12-27)19(22)29/h2-6,9-10,15H,7-8,11-13H2,1H3,(H2,22,29). The van der Waals surface area contributed by atoms with E-state index in [9.17, 15) is 9.59 Å². The van der Waals surface area contributed by atoms with Gasteiger partial charge in [0.1, 0.15) is 0 Å². The van der Waals surface area contributed by atoms with Crippen LogP contribution >= 0.6 is 11.8 Å². The second-order valence-electron chi connectivity index (χ2n) is 7.42. The molecule has 9 nitrogen and oxygen atoms in total. The molecule has 0 bridgehead atoms. The van der Waals surface area contributed by atoms with E-state index in [0.717, 1.165) is 11.3 Å². The SMILES string of the molecule is Cc1ccc(-n2nnc(C(=O)N3CCC(C(N)=O)CC3)c2CSc2ncccn2)cc1. The molecule has 1 aliphatic heterocycles. The Balaban J connectivity index is 1.61. The maximum atomic E-state index is 13.3. The van der Waals surface area contributed by atoms with Crippen LogP contribution in [0.15, 0.2) is 47.9 Å². The van der Waals surface area contributed by atoms with Crippen LogP contribution in [0.4, 0.5) is 0 Å². The number of carbonyl (C=O) groups is 2. The summed E-state index contributed by atoms with van der Waals surface area (Å²) in [5, 5.41) is 9.12. The van der Waals surface area contributed by atoms with Crippen LogP contribution in [0.5, 0.6) is 0 Å². The number of hydrogen-bond donors (Lipinski definition) is 1. The van der Waals surface area contributed by atoms with Crippen molar-refractivity contribution >= 4 is 23.6 Å². The largest absolute Gasteiger partial charge is 0.369 e. The molecule has 0 saturated carbocycles. The summed E-state index contributed by atoms with van der Waals surface area (Å²) in [5.41, 5.74) is 8.36. The molecular weight excluding hydrogens is 414 g/mol. The first-order chi connectivity index (χ1) is 15.0. The van der Waals surface area contributed by atoms with E-state index in [1.54, 1.807) is 28.0 Å². The van der Waals surface area contributed by atoms with E-state index in [1.165, 1.54) is 11.8 Å². The van der Waals surface area contributed by atoms with Gasteiger partial charge in [0.2, 0.25) is 5.91 Å². The van der Waals surface area contributed by atoms with Gasteiger partial charge in [-0.3, -0.25) is 9.59 Å². The number of aromatic nitrogens is 5. The molecule has 2 amide bonds. The van der Waals surface area contributed by atoms with Crippen molar-refractivity contribution in [2.45, 2.75) is 30.7 Å². The highest BCUT2D eigenvalue weighted by Crippen LogP contribution is 2.25. The number of nitrogens with two attached hydrogens (primary N) is 1. The molecule has 1 saturated heterocycles. The average Bonchev–Trinajstić information content (AvgIpc) is 3.22. The van der Waals surface area contributed by atoms with Gasteiger partial charge in [0, 0.05) is 37.2 Å². The van der Waals surface area contributed by atoms with Gasteiger partial charge >= 0.3 is 0 Å². The van der Waals surface area contributed by atoms with Crippen LogP contribution < -0.4 is 5.73 Å².